The Kier molecular flexibility index (Phi) is 2.46. The molecule has 1 unspecified atom stereocenters. The van der Waals surface area contributed by atoms with Crippen molar-refractivity contribution < 1.29 is 0 Å². The van der Waals surface area contributed by atoms with E-state index in [4.69, 9.17) is 5.26 Å². The van der Waals surface area contributed by atoms with Crippen molar-refractivity contribution in [1.29, 1.82) is 5.26 Å². The fourth-order valence-electron chi connectivity index (χ4n) is 1.67. The second kappa shape index (κ2) is 3.93. The third-order valence-electron chi connectivity index (χ3n) is 2.43. The summed E-state index contributed by atoms with van der Waals surface area (Å²) in [6.07, 6.45) is 6.21. The van der Waals surface area contributed by atoms with E-state index >= 15 is 0 Å². The molecule has 0 saturated heterocycles. The van der Waals surface area contributed by atoms with Crippen LogP contribution in [0.1, 0.15) is 17.9 Å². The molecule has 2 rings (SSSR count). The van der Waals surface area contributed by atoms with Gasteiger partial charge in [0.05, 0.1) is 6.07 Å². The second-order valence-electron chi connectivity index (χ2n) is 3.37. The molecule has 70 valence electrons. The summed E-state index contributed by atoms with van der Waals surface area (Å²) in [5.41, 5.74) is 2.06. The van der Waals surface area contributed by atoms with Crippen molar-refractivity contribution in [2.24, 2.45) is 0 Å². The van der Waals surface area contributed by atoms with Crippen LogP contribution >= 0.6 is 0 Å². The van der Waals surface area contributed by atoms with Gasteiger partial charge in [-0.2, -0.15) is 5.26 Å². The van der Waals surface area contributed by atoms with Crippen molar-refractivity contribution in [3.63, 3.8) is 0 Å². The topological polar surface area (TPSA) is 48.7 Å². The van der Waals surface area contributed by atoms with Crippen LogP contribution in [0.15, 0.2) is 36.3 Å². The summed E-state index contributed by atoms with van der Waals surface area (Å²) < 4.78 is 0. The summed E-state index contributed by atoms with van der Waals surface area (Å²) in [6.45, 7) is 0.898. The molecule has 0 aromatic carbocycles. The van der Waals surface area contributed by atoms with Crippen LogP contribution in [0.4, 0.5) is 0 Å². The molecule has 1 aliphatic heterocycles. The van der Waals surface area contributed by atoms with Crippen molar-refractivity contribution in [2.45, 2.75) is 12.3 Å². The number of nitriles is 1. The first-order valence-corrected chi connectivity index (χ1v) is 4.62. The fourth-order valence-corrected chi connectivity index (χ4v) is 1.67. The molecule has 0 bridgehead atoms. The number of allylic oxidation sites excluding steroid dienone is 1. The van der Waals surface area contributed by atoms with Gasteiger partial charge in [-0.15, -0.1) is 0 Å². The van der Waals surface area contributed by atoms with E-state index in [2.05, 4.69) is 16.4 Å². The van der Waals surface area contributed by atoms with Crippen molar-refractivity contribution in [2.75, 3.05) is 6.54 Å². The van der Waals surface area contributed by atoms with Crippen LogP contribution in [0.2, 0.25) is 0 Å². The molecule has 1 N–H and O–H groups in total. The van der Waals surface area contributed by atoms with Gasteiger partial charge in [-0.3, -0.25) is 4.98 Å². The highest BCUT2D eigenvalue weighted by Crippen LogP contribution is 2.24. The maximum atomic E-state index is 8.79. The maximum absolute atomic E-state index is 8.79. The van der Waals surface area contributed by atoms with E-state index in [0.717, 1.165) is 18.5 Å². The molecule has 1 aromatic rings. The highest BCUT2D eigenvalue weighted by Gasteiger charge is 2.16. The van der Waals surface area contributed by atoms with E-state index in [0.29, 0.717) is 5.92 Å². The first kappa shape index (κ1) is 8.76. The molecule has 2 heterocycles. The smallest absolute Gasteiger partial charge is 0.0962 e. The normalized spacial score (nSPS) is 20.5. The summed E-state index contributed by atoms with van der Waals surface area (Å²) in [4.78, 5) is 3.98. The Morgan fingerprint density at radius 2 is 2.21 bits per heavy atom. The number of hydrogen-bond acceptors (Lipinski definition) is 3. The highest BCUT2D eigenvalue weighted by molar-refractivity contribution is 5.28. The number of nitrogens with one attached hydrogen (secondary N) is 1. The Bertz CT molecular complexity index is 375. The van der Waals surface area contributed by atoms with Gasteiger partial charge >= 0.3 is 0 Å². The average Bonchev–Trinajstić information content (AvgIpc) is 2.30. The summed E-state index contributed by atoms with van der Waals surface area (Å²) in [5.74, 6) is 0.401. The molecule has 3 nitrogen and oxygen atoms in total. The second-order valence-corrected chi connectivity index (χ2v) is 3.37. The number of nitrogens with zero attached hydrogens (tertiary/aromatic N) is 2. The predicted molar refractivity (Wildman–Crippen MR) is 53.3 cm³/mol. The van der Waals surface area contributed by atoms with Crippen molar-refractivity contribution >= 4 is 0 Å². The van der Waals surface area contributed by atoms with Gasteiger partial charge in [0.15, 0.2) is 0 Å². The van der Waals surface area contributed by atoms with Crippen LogP contribution in [-0.2, 0) is 0 Å². The molecule has 0 aliphatic carbocycles. The third kappa shape index (κ3) is 1.74. The summed E-state index contributed by atoms with van der Waals surface area (Å²) in [5, 5.41) is 11.9. The van der Waals surface area contributed by atoms with Gasteiger partial charge in [-0.25, -0.2) is 0 Å². The Morgan fingerprint density at radius 1 is 1.43 bits per heavy atom. The molecule has 1 atom stereocenters. The minimum absolute atomic E-state index is 0.401. The van der Waals surface area contributed by atoms with Gasteiger partial charge < -0.3 is 5.32 Å². The lowest BCUT2D eigenvalue weighted by Crippen LogP contribution is -2.22. The Morgan fingerprint density at radius 3 is 2.93 bits per heavy atom. The van der Waals surface area contributed by atoms with Crippen molar-refractivity contribution in [1.82, 2.24) is 10.3 Å². The molecule has 0 amide bonds. The molecule has 1 aliphatic rings. The number of hydrogen-bond donors (Lipinski definition) is 1. The molecule has 3 heteroatoms. The quantitative estimate of drug-likeness (QED) is 0.722. The lowest BCUT2D eigenvalue weighted by molar-refractivity contribution is 0.612. The van der Waals surface area contributed by atoms with Crippen LogP contribution in [0, 0.1) is 11.3 Å². The summed E-state index contributed by atoms with van der Waals surface area (Å²) in [6, 6.07) is 6.20. The molecule has 14 heavy (non-hydrogen) atoms. The lowest BCUT2D eigenvalue weighted by atomic mass is 9.91. The number of pyridine rings is 1. The zero-order valence-corrected chi connectivity index (χ0v) is 7.77. The van der Waals surface area contributed by atoms with Crippen LogP contribution in [0.5, 0.6) is 0 Å². The van der Waals surface area contributed by atoms with Crippen LogP contribution in [0.25, 0.3) is 0 Å². The van der Waals surface area contributed by atoms with E-state index in [1.807, 2.05) is 12.1 Å². The van der Waals surface area contributed by atoms with E-state index in [1.165, 1.54) is 5.56 Å². The zero-order chi connectivity index (χ0) is 9.80. The fraction of sp³-hybridized carbons (Fsp3) is 0.273. The van der Waals surface area contributed by atoms with Crippen LogP contribution < -0.4 is 5.32 Å². The molecule has 0 spiro atoms. The standard InChI is InChI=1S/C11H11N3/c12-6-9-5-11(8-14-7-9)10-1-3-13-4-2-10/h1-4,7,11,14H,5,8H2. The van der Waals surface area contributed by atoms with E-state index in [9.17, 15) is 0 Å². The van der Waals surface area contributed by atoms with Crippen LogP contribution in [0.3, 0.4) is 0 Å². The summed E-state index contributed by atoms with van der Waals surface area (Å²) >= 11 is 0. The van der Waals surface area contributed by atoms with E-state index in [1.54, 1.807) is 18.6 Å². The van der Waals surface area contributed by atoms with E-state index < -0.39 is 0 Å². The first-order chi connectivity index (χ1) is 6.90. The minimum Gasteiger partial charge on any atom is -0.389 e. The van der Waals surface area contributed by atoms with Gasteiger partial charge in [0.1, 0.15) is 0 Å². The summed E-state index contributed by atoms with van der Waals surface area (Å²) in [7, 11) is 0. The Hall–Kier alpha value is -1.82. The number of aromatic nitrogens is 1. The number of rotatable bonds is 1. The molecular weight excluding hydrogens is 174 g/mol. The molecule has 0 radical (unpaired) electrons. The lowest BCUT2D eigenvalue weighted by Gasteiger charge is -2.21. The van der Waals surface area contributed by atoms with Crippen molar-refractivity contribution in [3.8, 4) is 6.07 Å². The first-order valence-electron chi connectivity index (χ1n) is 4.62. The Labute approximate surface area is 83.1 Å². The monoisotopic (exact) mass is 185 g/mol. The predicted octanol–water partition coefficient (Wildman–Crippen LogP) is 1.57. The minimum atomic E-state index is 0.401. The maximum Gasteiger partial charge on any atom is 0.0962 e. The van der Waals surface area contributed by atoms with Gasteiger partial charge in [-0.05, 0) is 24.1 Å². The van der Waals surface area contributed by atoms with Gasteiger partial charge in [-0.1, -0.05) is 0 Å². The SMILES string of the molecule is N#CC1=CNCC(c2ccncc2)C1. The van der Waals surface area contributed by atoms with Gasteiger partial charge in [0.2, 0.25) is 0 Å². The molecule has 0 saturated carbocycles. The average molecular weight is 185 g/mol. The highest BCUT2D eigenvalue weighted by atomic mass is 14.8. The third-order valence-corrected chi connectivity index (χ3v) is 2.43. The molecule has 1 aromatic heterocycles. The van der Waals surface area contributed by atoms with Gasteiger partial charge in [0, 0.05) is 36.6 Å². The Balaban J connectivity index is 2.16. The molecule has 0 fully saturated rings. The van der Waals surface area contributed by atoms with E-state index in [-0.39, 0.29) is 0 Å². The van der Waals surface area contributed by atoms with Gasteiger partial charge in [0.25, 0.3) is 0 Å². The van der Waals surface area contributed by atoms with Crippen molar-refractivity contribution in [3.05, 3.63) is 41.9 Å². The molecular formula is C11H11N3. The zero-order valence-electron chi connectivity index (χ0n) is 7.77. The van der Waals surface area contributed by atoms with Crippen LogP contribution in [-0.4, -0.2) is 11.5 Å². The largest absolute Gasteiger partial charge is 0.389 e.